The normalized spacial score (nSPS) is 17.8. The number of piperidine rings is 1. The topological polar surface area (TPSA) is 116 Å². The Kier molecular flexibility index (Phi) is 6.36. The van der Waals surface area contributed by atoms with E-state index < -0.39 is 12.0 Å². The van der Waals surface area contributed by atoms with Crippen LogP contribution in [0.5, 0.6) is 5.75 Å². The number of carbonyl (C=O) groups is 4. The van der Waals surface area contributed by atoms with Crippen LogP contribution >= 0.6 is 0 Å². The molecule has 9 nitrogen and oxygen atoms in total. The molecule has 2 aliphatic heterocycles. The number of aliphatic carboxylic acids is 1. The molecule has 4 amide bonds. The van der Waals surface area contributed by atoms with E-state index in [2.05, 4.69) is 5.32 Å². The average Bonchev–Trinajstić information content (AvgIpc) is 2.71. The maximum Gasteiger partial charge on any atom is 0.328 e. The number of ether oxygens (including phenoxy) is 1. The van der Waals surface area contributed by atoms with Gasteiger partial charge in [0, 0.05) is 38.0 Å². The first-order chi connectivity index (χ1) is 13.9. The van der Waals surface area contributed by atoms with Gasteiger partial charge in [0.1, 0.15) is 5.75 Å². The Morgan fingerprint density at radius 1 is 1.21 bits per heavy atom. The molecule has 2 saturated heterocycles. The molecule has 2 heterocycles. The number of carboxylic acids is 1. The van der Waals surface area contributed by atoms with Gasteiger partial charge in [-0.2, -0.15) is 0 Å². The molecule has 2 fully saturated rings. The highest BCUT2D eigenvalue weighted by atomic mass is 16.5. The number of methoxy groups -OCH3 is 1. The second kappa shape index (κ2) is 8.93. The molecule has 2 aliphatic rings. The summed E-state index contributed by atoms with van der Waals surface area (Å²) in [5.74, 6) is -0.505. The number of likely N-dealkylation sites (tertiary alicyclic amines) is 1. The van der Waals surface area contributed by atoms with Crippen LogP contribution in [0.1, 0.15) is 42.5 Å². The molecule has 9 heteroatoms. The second-order valence-corrected chi connectivity index (χ2v) is 7.31. The smallest absolute Gasteiger partial charge is 0.328 e. The van der Waals surface area contributed by atoms with Crippen molar-refractivity contribution >= 4 is 29.5 Å². The van der Waals surface area contributed by atoms with Crippen LogP contribution in [0.25, 0.3) is 0 Å². The average molecular weight is 403 g/mol. The molecule has 0 spiro atoms. The van der Waals surface area contributed by atoms with Crippen LogP contribution in [0.2, 0.25) is 0 Å². The summed E-state index contributed by atoms with van der Waals surface area (Å²) in [6.45, 7) is 1.36. The van der Waals surface area contributed by atoms with Gasteiger partial charge in [-0.15, -0.1) is 0 Å². The van der Waals surface area contributed by atoms with Gasteiger partial charge < -0.3 is 14.7 Å². The predicted octanol–water partition coefficient (Wildman–Crippen LogP) is 1.86. The van der Waals surface area contributed by atoms with E-state index in [4.69, 9.17) is 9.84 Å². The third-order valence-electron chi connectivity index (χ3n) is 5.44. The van der Waals surface area contributed by atoms with Gasteiger partial charge in [0.25, 0.3) is 5.91 Å². The highest BCUT2D eigenvalue weighted by molar-refractivity contribution is 6.07. The lowest BCUT2D eigenvalue weighted by Gasteiger charge is -2.32. The van der Waals surface area contributed by atoms with Crippen LogP contribution in [0.15, 0.2) is 18.2 Å². The summed E-state index contributed by atoms with van der Waals surface area (Å²) in [4.78, 5) is 50.5. The first-order valence-corrected chi connectivity index (χ1v) is 9.69. The van der Waals surface area contributed by atoms with Crippen LogP contribution in [-0.2, 0) is 9.59 Å². The standard InChI is InChI=1S/C20H25N3O6/c1-29-16-4-3-14(12-15(16)23-11-8-17(24)21-20(23)28)19(27)22-9-6-13(7-10-22)2-5-18(25)26/h3-4,12-13H,2,5-11H2,1H3,(H,25,26)(H,21,24,28). The monoisotopic (exact) mass is 403 g/mol. The molecule has 0 bridgehead atoms. The number of carboxylic acid groups (broad SMARTS) is 1. The fraction of sp³-hybridized carbons (Fsp3) is 0.500. The number of imide groups is 1. The van der Waals surface area contributed by atoms with E-state index in [-0.39, 0.29) is 31.2 Å². The van der Waals surface area contributed by atoms with Crippen molar-refractivity contribution in [3.8, 4) is 5.75 Å². The predicted molar refractivity (Wildman–Crippen MR) is 104 cm³/mol. The summed E-state index contributed by atoms with van der Waals surface area (Å²) in [6, 6.07) is 4.39. The summed E-state index contributed by atoms with van der Waals surface area (Å²) in [5.41, 5.74) is 0.884. The minimum absolute atomic E-state index is 0.140. The molecule has 0 atom stereocenters. The lowest BCUT2D eigenvalue weighted by Crippen LogP contribution is -2.49. The molecular formula is C20H25N3O6. The van der Waals surface area contributed by atoms with Crippen molar-refractivity contribution in [3.63, 3.8) is 0 Å². The number of hydrogen-bond donors (Lipinski definition) is 2. The van der Waals surface area contributed by atoms with Crippen molar-refractivity contribution < 1.29 is 29.0 Å². The largest absolute Gasteiger partial charge is 0.495 e. The number of nitrogens with zero attached hydrogens (tertiary/aromatic N) is 2. The Hall–Kier alpha value is -3.10. The summed E-state index contributed by atoms with van der Waals surface area (Å²) in [7, 11) is 1.48. The molecule has 0 aromatic heterocycles. The number of urea groups is 1. The van der Waals surface area contributed by atoms with E-state index in [9.17, 15) is 19.2 Å². The van der Waals surface area contributed by atoms with Crippen LogP contribution in [0.3, 0.4) is 0 Å². The molecule has 156 valence electrons. The third-order valence-corrected chi connectivity index (χ3v) is 5.44. The molecule has 0 aliphatic carbocycles. The fourth-order valence-corrected chi connectivity index (χ4v) is 3.76. The van der Waals surface area contributed by atoms with E-state index in [1.807, 2.05) is 0 Å². The first kappa shape index (κ1) is 20.6. The number of rotatable bonds is 6. The van der Waals surface area contributed by atoms with Crippen molar-refractivity contribution in [1.29, 1.82) is 0 Å². The Morgan fingerprint density at radius 2 is 1.93 bits per heavy atom. The quantitative estimate of drug-likeness (QED) is 0.749. The fourth-order valence-electron chi connectivity index (χ4n) is 3.76. The van der Waals surface area contributed by atoms with Crippen LogP contribution in [0, 0.1) is 5.92 Å². The highest BCUT2D eigenvalue weighted by Gasteiger charge is 2.29. The Bertz CT molecular complexity index is 816. The molecule has 2 N–H and O–H groups in total. The Balaban J connectivity index is 1.71. The maximum atomic E-state index is 13.0. The number of amides is 4. The van der Waals surface area contributed by atoms with Gasteiger partial charge in [0.2, 0.25) is 5.91 Å². The first-order valence-electron chi connectivity index (χ1n) is 9.69. The zero-order chi connectivity index (χ0) is 21.0. The van der Waals surface area contributed by atoms with Crippen molar-refractivity contribution in [2.24, 2.45) is 5.92 Å². The molecular weight excluding hydrogens is 378 g/mol. The Morgan fingerprint density at radius 3 is 2.55 bits per heavy atom. The molecule has 0 radical (unpaired) electrons. The molecule has 1 aromatic rings. The second-order valence-electron chi connectivity index (χ2n) is 7.31. The SMILES string of the molecule is COc1ccc(C(=O)N2CCC(CCC(=O)O)CC2)cc1N1CCC(=O)NC1=O. The number of carbonyl (C=O) groups excluding carboxylic acids is 3. The van der Waals surface area contributed by atoms with Crippen LogP contribution in [-0.4, -0.2) is 60.6 Å². The number of benzene rings is 1. The molecule has 29 heavy (non-hydrogen) atoms. The van der Waals surface area contributed by atoms with Crippen LogP contribution < -0.4 is 15.0 Å². The highest BCUT2D eigenvalue weighted by Crippen LogP contribution is 2.32. The lowest BCUT2D eigenvalue weighted by atomic mass is 9.92. The van der Waals surface area contributed by atoms with E-state index in [1.54, 1.807) is 23.1 Å². The summed E-state index contributed by atoms with van der Waals surface area (Å²) in [6.07, 6.45) is 2.52. The molecule has 0 saturated carbocycles. The third kappa shape index (κ3) is 4.85. The van der Waals surface area contributed by atoms with Gasteiger partial charge in [-0.25, -0.2) is 4.79 Å². The van der Waals surface area contributed by atoms with Gasteiger partial charge in [0.05, 0.1) is 12.8 Å². The van der Waals surface area contributed by atoms with Crippen molar-refractivity contribution in [2.45, 2.75) is 32.1 Å². The summed E-state index contributed by atoms with van der Waals surface area (Å²) in [5, 5.41) is 11.1. The molecule has 3 rings (SSSR count). The van der Waals surface area contributed by atoms with Gasteiger partial charge in [-0.05, 0) is 43.4 Å². The zero-order valence-electron chi connectivity index (χ0n) is 16.3. The van der Waals surface area contributed by atoms with E-state index in [1.165, 1.54) is 12.0 Å². The van der Waals surface area contributed by atoms with Gasteiger partial charge in [0.15, 0.2) is 0 Å². The maximum absolute atomic E-state index is 13.0. The Labute approximate surface area is 168 Å². The molecule has 0 unspecified atom stereocenters. The zero-order valence-corrected chi connectivity index (χ0v) is 16.3. The van der Waals surface area contributed by atoms with Crippen molar-refractivity contribution in [1.82, 2.24) is 10.2 Å². The number of hydrogen-bond acceptors (Lipinski definition) is 5. The summed E-state index contributed by atoms with van der Waals surface area (Å²) < 4.78 is 5.33. The number of nitrogens with one attached hydrogen (secondary N) is 1. The molecule has 1 aromatic carbocycles. The summed E-state index contributed by atoms with van der Waals surface area (Å²) >= 11 is 0. The van der Waals surface area contributed by atoms with E-state index in [0.29, 0.717) is 42.4 Å². The lowest BCUT2D eigenvalue weighted by molar-refractivity contribution is -0.137. The van der Waals surface area contributed by atoms with Crippen LogP contribution in [0.4, 0.5) is 10.5 Å². The number of anilines is 1. The van der Waals surface area contributed by atoms with Crippen molar-refractivity contribution in [2.75, 3.05) is 31.6 Å². The van der Waals surface area contributed by atoms with Crippen molar-refractivity contribution in [3.05, 3.63) is 23.8 Å². The van der Waals surface area contributed by atoms with Gasteiger partial charge >= 0.3 is 12.0 Å². The van der Waals surface area contributed by atoms with E-state index >= 15 is 0 Å². The minimum Gasteiger partial charge on any atom is -0.495 e. The van der Waals surface area contributed by atoms with Gasteiger partial charge in [-0.1, -0.05) is 0 Å². The minimum atomic E-state index is -0.794. The van der Waals surface area contributed by atoms with E-state index in [0.717, 1.165) is 12.8 Å². The van der Waals surface area contributed by atoms with Gasteiger partial charge in [-0.3, -0.25) is 24.6 Å².